The molecule has 1 aliphatic heterocycles. The van der Waals surface area contributed by atoms with Crippen molar-refractivity contribution in [3.63, 3.8) is 0 Å². The fourth-order valence-electron chi connectivity index (χ4n) is 3.12. The first-order valence-electron chi connectivity index (χ1n) is 8.96. The summed E-state index contributed by atoms with van der Waals surface area (Å²) in [7, 11) is 1.68. The maximum Gasteiger partial charge on any atom is 0.240 e. The van der Waals surface area contributed by atoms with Gasteiger partial charge in [0.25, 0.3) is 0 Å². The molecular weight excluding hydrogens is 332 g/mol. The quantitative estimate of drug-likeness (QED) is 0.755. The van der Waals surface area contributed by atoms with E-state index in [1.54, 1.807) is 13.3 Å². The molecular formula is C18H26N6O2. The molecule has 1 amide bonds. The van der Waals surface area contributed by atoms with Crippen molar-refractivity contribution >= 4 is 5.91 Å². The first kappa shape index (κ1) is 18.5. The number of hydrogen-bond acceptors (Lipinski definition) is 6. The van der Waals surface area contributed by atoms with Gasteiger partial charge in [-0.25, -0.2) is 9.97 Å². The largest absolute Gasteiger partial charge is 0.383 e. The van der Waals surface area contributed by atoms with Crippen LogP contribution < -0.4 is 5.32 Å². The average molecular weight is 358 g/mol. The van der Waals surface area contributed by atoms with E-state index in [9.17, 15) is 4.79 Å². The third-order valence-corrected chi connectivity index (χ3v) is 4.48. The summed E-state index contributed by atoms with van der Waals surface area (Å²) in [6.45, 7) is 5.16. The van der Waals surface area contributed by atoms with Crippen molar-refractivity contribution in [2.24, 2.45) is 0 Å². The van der Waals surface area contributed by atoms with Gasteiger partial charge in [0.05, 0.1) is 37.6 Å². The number of nitrogens with one attached hydrogen (secondary N) is 1. The number of nitrogens with zero attached hydrogens (tertiary/aromatic N) is 5. The topological polar surface area (TPSA) is 85.2 Å². The van der Waals surface area contributed by atoms with Gasteiger partial charge in [-0.15, -0.1) is 0 Å². The zero-order chi connectivity index (χ0) is 18.4. The van der Waals surface area contributed by atoms with Crippen LogP contribution in [0.4, 0.5) is 0 Å². The van der Waals surface area contributed by atoms with Crippen LogP contribution in [0.25, 0.3) is 0 Å². The summed E-state index contributed by atoms with van der Waals surface area (Å²) in [5.41, 5.74) is 1.95. The molecule has 140 valence electrons. The SMILES string of the molecule is COCCn1cc(CNC2CCCN(Cc3ccnc(C)n3)C2=O)cn1. The molecule has 1 N–H and O–H groups in total. The van der Waals surface area contributed by atoms with Crippen molar-refractivity contribution in [3.8, 4) is 0 Å². The van der Waals surface area contributed by atoms with Gasteiger partial charge in [-0.05, 0) is 25.8 Å². The number of ether oxygens (including phenoxy) is 1. The Hall–Kier alpha value is -2.32. The summed E-state index contributed by atoms with van der Waals surface area (Å²) in [5, 5.41) is 7.68. The van der Waals surface area contributed by atoms with Crippen LogP contribution in [0, 0.1) is 6.92 Å². The lowest BCUT2D eigenvalue weighted by Crippen LogP contribution is -2.50. The highest BCUT2D eigenvalue weighted by Gasteiger charge is 2.28. The summed E-state index contributed by atoms with van der Waals surface area (Å²) in [5.74, 6) is 0.867. The van der Waals surface area contributed by atoms with E-state index >= 15 is 0 Å². The summed E-state index contributed by atoms with van der Waals surface area (Å²) in [6.07, 6.45) is 7.40. The minimum absolute atomic E-state index is 0.138. The average Bonchev–Trinajstić information content (AvgIpc) is 3.08. The highest BCUT2D eigenvalue weighted by Crippen LogP contribution is 2.15. The normalized spacial score (nSPS) is 17.7. The second kappa shape index (κ2) is 8.86. The van der Waals surface area contributed by atoms with E-state index in [0.717, 1.165) is 43.0 Å². The molecule has 1 fully saturated rings. The third-order valence-electron chi connectivity index (χ3n) is 4.48. The Morgan fingerprint density at radius 1 is 1.42 bits per heavy atom. The van der Waals surface area contributed by atoms with Gasteiger partial charge in [0.15, 0.2) is 0 Å². The van der Waals surface area contributed by atoms with Crippen LogP contribution in [0.15, 0.2) is 24.7 Å². The third kappa shape index (κ3) is 4.86. The molecule has 8 heteroatoms. The molecule has 1 unspecified atom stereocenters. The number of carbonyl (C=O) groups is 1. The molecule has 3 rings (SSSR count). The maximum atomic E-state index is 12.8. The van der Waals surface area contributed by atoms with Crippen molar-refractivity contribution in [1.29, 1.82) is 0 Å². The van der Waals surface area contributed by atoms with Gasteiger partial charge in [-0.2, -0.15) is 5.10 Å². The van der Waals surface area contributed by atoms with E-state index in [0.29, 0.717) is 19.7 Å². The van der Waals surface area contributed by atoms with Gasteiger partial charge >= 0.3 is 0 Å². The van der Waals surface area contributed by atoms with Crippen LogP contribution in [0.3, 0.4) is 0 Å². The number of likely N-dealkylation sites (tertiary alicyclic amines) is 1. The smallest absolute Gasteiger partial charge is 0.240 e. The van der Waals surface area contributed by atoms with Crippen LogP contribution >= 0.6 is 0 Å². The second-order valence-electron chi connectivity index (χ2n) is 6.54. The first-order chi connectivity index (χ1) is 12.7. The van der Waals surface area contributed by atoms with Gasteiger partial charge < -0.3 is 15.0 Å². The van der Waals surface area contributed by atoms with Gasteiger partial charge in [0.1, 0.15) is 5.82 Å². The van der Waals surface area contributed by atoms with Crippen molar-refractivity contribution in [2.45, 2.75) is 45.4 Å². The lowest BCUT2D eigenvalue weighted by atomic mass is 10.0. The summed E-state index contributed by atoms with van der Waals surface area (Å²) >= 11 is 0. The van der Waals surface area contributed by atoms with E-state index in [1.807, 2.05) is 35.0 Å². The fourth-order valence-corrected chi connectivity index (χ4v) is 3.12. The molecule has 1 atom stereocenters. The lowest BCUT2D eigenvalue weighted by Gasteiger charge is -2.32. The number of methoxy groups -OCH3 is 1. The predicted molar refractivity (Wildman–Crippen MR) is 96.2 cm³/mol. The zero-order valence-electron chi connectivity index (χ0n) is 15.4. The fraction of sp³-hybridized carbons (Fsp3) is 0.556. The number of amides is 1. The van der Waals surface area contributed by atoms with Gasteiger partial charge in [-0.3, -0.25) is 9.48 Å². The lowest BCUT2D eigenvalue weighted by molar-refractivity contribution is -0.136. The maximum absolute atomic E-state index is 12.8. The number of carbonyl (C=O) groups excluding carboxylic acids is 1. The molecule has 0 aromatic carbocycles. The van der Waals surface area contributed by atoms with Crippen molar-refractivity contribution in [2.75, 3.05) is 20.3 Å². The standard InChI is InChI=1S/C18H26N6O2/c1-14-19-6-5-16(22-14)13-23-7-3-4-17(18(23)25)20-10-15-11-21-24(12-15)8-9-26-2/h5-6,11-12,17,20H,3-4,7-10,13H2,1-2H3. The second-order valence-corrected chi connectivity index (χ2v) is 6.54. The van der Waals surface area contributed by atoms with Gasteiger partial charge in [0, 0.05) is 38.2 Å². The molecule has 0 saturated carbocycles. The summed E-state index contributed by atoms with van der Waals surface area (Å²) in [6, 6.07) is 1.71. The molecule has 0 bridgehead atoms. The van der Waals surface area contributed by atoms with Crippen LogP contribution in [0.1, 0.15) is 29.9 Å². The number of aromatic nitrogens is 4. The Bertz CT molecular complexity index is 732. The Kier molecular flexibility index (Phi) is 6.30. The first-order valence-corrected chi connectivity index (χ1v) is 8.96. The van der Waals surface area contributed by atoms with E-state index in [4.69, 9.17) is 4.74 Å². The number of aryl methyl sites for hydroxylation is 1. The van der Waals surface area contributed by atoms with Crippen molar-refractivity contribution < 1.29 is 9.53 Å². The number of rotatable bonds is 8. The predicted octanol–water partition coefficient (Wildman–Crippen LogP) is 0.909. The van der Waals surface area contributed by atoms with Crippen LogP contribution in [0.2, 0.25) is 0 Å². The Morgan fingerprint density at radius 3 is 3.12 bits per heavy atom. The monoisotopic (exact) mass is 358 g/mol. The minimum atomic E-state index is -0.158. The number of piperidine rings is 1. The molecule has 1 aliphatic rings. The molecule has 2 aromatic rings. The van der Waals surface area contributed by atoms with E-state index in [2.05, 4.69) is 20.4 Å². The molecule has 0 spiro atoms. The Balaban J connectivity index is 1.53. The van der Waals surface area contributed by atoms with E-state index < -0.39 is 0 Å². The summed E-state index contributed by atoms with van der Waals surface area (Å²) < 4.78 is 6.91. The van der Waals surface area contributed by atoms with Gasteiger partial charge in [-0.1, -0.05) is 0 Å². The highest BCUT2D eigenvalue weighted by molar-refractivity contribution is 5.82. The molecule has 2 aromatic heterocycles. The van der Waals surface area contributed by atoms with E-state index in [1.165, 1.54) is 0 Å². The van der Waals surface area contributed by atoms with Crippen LogP contribution in [-0.2, 0) is 29.2 Å². The van der Waals surface area contributed by atoms with Crippen molar-refractivity contribution in [1.82, 2.24) is 30.0 Å². The number of hydrogen-bond donors (Lipinski definition) is 1. The molecule has 0 radical (unpaired) electrons. The molecule has 3 heterocycles. The Labute approximate surface area is 153 Å². The highest BCUT2D eigenvalue weighted by atomic mass is 16.5. The molecule has 1 saturated heterocycles. The minimum Gasteiger partial charge on any atom is -0.383 e. The van der Waals surface area contributed by atoms with Crippen LogP contribution in [-0.4, -0.2) is 56.9 Å². The van der Waals surface area contributed by atoms with Gasteiger partial charge in [0.2, 0.25) is 5.91 Å². The zero-order valence-corrected chi connectivity index (χ0v) is 15.4. The van der Waals surface area contributed by atoms with Crippen molar-refractivity contribution in [3.05, 3.63) is 41.7 Å². The Morgan fingerprint density at radius 2 is 2.31 bits per heavy atom. The molecule has 8 nitrogen and oxygen atoms in total. The molecule has 0 aliphatic carbocycles. The summed E-state index contributed by atoms with van der Waals surface area (Å²) in [4.78, 5) is 23.2. The molecule has 26 heavy (non-hydrogen) atoms. The van der Waals surface area contributed by atoms with E-state index in [-0.39, 0.29) is 11.9 Å². The van der Waals surface area contributed by atoms with Crippen LogP contribution in [0.5, 0.6) is 0 Å².